The Balaban J connectivity index is 0.000000210. The van der Waals surface area contributed by atoms with E-state index in [1.54, 1.807) is 24.5 Å². The summed E-state index contributed by atoms with van der Waals surface area (Å²) in [6.45, 7) is 23.5. The maximum atomic E-state index is 13.0. The van der Waals surface area contributed by atoms with E-state index in [-0.39, 0.29) is 58.4 Å². The van der Waals surface area contributed by atoms with Gasteiger partial charge in [0.2, 0.25) is 0 Å². The number of amides is 2. The standard InChI is InChI=1S/C26H33Cl2N9O2.C25H38ClN7O3.C6H5ClN2O2.Li/c1-3-17-15-36(23-20(27)13-16(14-31-23)24-33-34-26(39-24)30-4-2)11-12-37(17)18-7-9-35(10-8-18)25(38)19-5-6-21(28)32-22(19)29;1-6-18-16-32(21-20(26)14-17(15-28-21)22-29-30-23(35-22)27-7-2)12-13-33(18)19-8-10-31(11-9-19)24(34)36-25(3,4)5;7-4-2-1-3(6(10)11)5(8)9-4;/h5-6,13-14,17-18H,3-4,7-12,15H2,1-2H3,(H2,29,32)(H,30,34);14-15,18-19H,6-13,16H2,1-5H3,(H,27,30);1-2H,(H2,8,9)(H,10,11);/q;;;+1/p-1/t17-;18-;;/m00../s1. The summed E-state index contributed by atoms with van der Waals surface area (Å²) in [7, 11) is 0. The van der Waals surface area contributed by atoms with Crippen LogP contribution in [0.3, 0.4) is 0 Å². The van der Waals surface area contributed by atoms with Crippen LogP contribution >= 0.6 is 46.4 Å². The minimum atomic E-state index is -1.35. The first-order chi connectivity index (χ1) is 41.2. The number of nitrogens with zero attached hydrogens (tertiary/aromatic N) is 14. The molecule has 2 atom stereocenters. The Kier molecular flexibility index (Phi) is 24.4. The number of nitrogen functional groups attached to an aromatic ring is 2. The van der Waals surface area contributed by atoms with E-state index in [2.05, 4.69) is 84.4 Å². The van der Waals surface area contributed by atoms with Crippen LogP contribution in [0.15, 0.2) is 57.6 Å². The Hall–Kier alpha value is -6.43. The van der Waals surface area contributed by atoms with Gasteiger partial charge < -0.3 is 65.2 Å². The normalized spacial score (nSPS) is 18.0. The number of hydrogen-bond acceptors (Lipinski definition) is 23. The second-order valence-corrected chi connectivity index (χ2v) is 23.7. The molecule has 6 aromatic rings. The van der Waals surface area contributed by atoms with E-state index in [0.29, 0.717) is 101 Å². The van der Waals surface area contributed by atoms with Crippen molar-refractivity contribution in [3.05, 3.63) is 80.3 Å². The summed E-state index contributed by atoms with van der Waals surface area (Å²) in [5, 5.41) is 34.0. The van der Waals surface area contributed by atoms with Crippen molar-refractivity contribution in [1.82, 2.24) is 59.9 Å². The van der Waals surface area contributed by atoms with Gasteiger partial charge in [-0.3, -0.25) is 14.6 Å². The third kappa shape index (κ3) is 17.7. The molecule has 0 saturated carbocycles. The molecule has 10 rings (SSSR count). The molecule has 0 unspecified atom stereocenters. The second kappa shape index (κ2) is 31.2. The van der Waals surface area contributed by atoms with Crippen LogP contribution < -0.4 is 55.9 Å². The number of piperazine rings is 2. The van der Waals surface area contributed by atoms with Gasteiger partial charge in [0.25, 0.3) is 17.7 Å². The van der Waals surface area contributed by atoms with E-state index >= 15 is 0 Å². The van der Waals surface area contributed by atoms with Crippen LogP contribution in [0.1, 0.15) is 108 Å². The molecule has 4 fully saturated rings. The van der Waals surface area contributed by atoms with E-state index in [1.165, 1.54) is 12.1 Å². The molecular formula is C57H75Cl4LiN18O7. The zero-order valence-corrected chi connectivity index (χ0v) is 53.5. The fourth-order valence-electron chi connectivity index (χ4n) is 11.0. The molecule has 30 heteroatoms. The molecule has 4 aliphatic heterocycles. The summed E-state index contributed by atoms with van der Waals surface area (Å²) < 4.78 is 16.8. The Morgan fingerprint density at radius 3 is 1.44 bits per heavy atom. The number of halogens is 4. The largest absolute Gasteiger partial charge is 1.00 e. The Bertz CT molecular complexity index is 3270. The first kappa shape index (κ1) is 68.1. The topological polar surface area (TPSA) is 308 Å². The van der Waals surface area contributed by atoms with E-state index in [4.69, 9.17) is 71.4 Å². The third-order valence-corrected chi connectivity index (χ3v) is 16.3. The average Bonchev–Trinajstić information content (AvgIpc) is 4.03. The molecule has 25 nitrogen and oxygen atoms in total. The second-order valence-electron chi connectivity index (χ2n) is 22.1. The van der Waals surface area contributed by atoms with Crippen LogP contribution in [0.5, 0.6) is 0 Å². The van der Waals surface area contributed by atoms with Crippen LogP contribution in [0.4, 0.5) is 40.1 Å². The predicted octanol–water partition coefficient (Wildman–Crippen LogP) is 5.25. The number of pyridine rings is 4. The van der Waals surface area contributed by atoms with Gasteiger partial charge in [0.1, 0.15) is 39.2 Å². The van der Waals surface area contributed by atoms with Crippen molar-refractivity contribution in [3.63, 3.8) is 0 Å². The number of rotatable bonds is 14. The van der Waals surface area contributed by atoms with Gasteiger partial charge in [0, 0.05) is 121 Å². The van der Waals surface area contributed by atoms with E-state index in [1.807, 2.05) is 56.6 Å². The van der Waals surface area contributed by atoms with E-state index in [0.717, 1.165) is 103 Å². The maximum Gasteiger partial charge on any atom is 1.00 e. The summed E-state index contributed by atoms with van der Waals surface area (Å²) in [5.74, 6) is 0.916. The number of aromatic nitrogens is 8. The summed E-state index contributed by atoms with van der Waals surface area (Å²) in [6.07, 6.45) is 9.05. The first-order valence-corrected chi connectivity index (χ1v) is 30.5. The number of likely N-dealkylation sites (tertiary alicyclic amines) is 2. The van der Waals surface area contributed by atoms with Gasteiger partial charge in [-0.25, -0.2) is 24.7 Å². The minimum Gasteiger partial charge on any atom is -0.545 e. The van der Waals surface area contributed by atoms with Gasteiger partial charge in [0.05, 0.1) is 32.7 Å². The minimum absolute atomic E-state index is 0. The maximum absolute atomic E-state index is 13.0. The molecule has 87 heavy (non-hydrogen) atoms. The summed E-state index contributed by atoms with van der Waals surface area (Å²) in [4.78, 5) is 66.0. The van der Waals surface area contributed by atoms with Crippen molar-refractivity contribution in [2.45, 2.75) is 117 Å². The number of aromatic carboxylic acids is 1. The smallest absolute Gasteiger partial charge is 0.545 e. The fourth-order valence-corrected chi connectivity index (χ4v) is 11.9. The number of carboxylic acid groups (broad SMARTS) is 1. The number of nitrogens with one attached hydrogen (secondary N) is 2. The van der Waals surface area contributed by atoms with Gasteiger partial charge >= 0.3 is 37.0 Å². The quantitative estimate of drug-likeness (QED) is 0.0799. The average molecular weight is 1270 g/mol. The van der Waals surface area contributed by atoms with Crippen molar-refractivity contribution in [1.29, 1.82) is 0 Å². The molecule has 0 radical (unpaired) electrons. The van der Waals surface area contributed by atoms with Crippen LogP contribution in [0, 0.1) is 0 Å². The van der Waals surface area contributed by atoms with Crippen molar-refractivity contribution >= 4 is 99.7 Å². The SMILES string of the molecule is CCNc1nnc(-c2cnc(N3CCN(C4CCN(C(=O)OC(C)(C)C)CC4)[C@@H](CC)C3)c(Cl)c2)o1.CCNc1nnc(-c2cnc(N3CCN(C4CCN(C(=O)c5ccc(Cl)nc5N)CC4)[C@@H](CC)C3)c(Cl)c2)o1.Nc1nc(Cl)ccc1C(=O)[O-].[Li+]. The zero-order valence-electron chi connectivity index (χ0n) is 50.4. The Labute approximate surface area is 538 Å². The van der Waals surface area contributed by atoms with Gasteiger partial charge in [0.15, 0.2) is 0 Å². The van der Waals surface area contributed by atoms with Crippen LogP contribution in [-0.4, -0.2) is 186 Å². The number of piperidine rings is 2. The third-order valence-electron chi connectivity index (χ3n) is 15.3. The van der Waals surface area contributed by atoms with Crippen molar-refractivity contribution < 1.29 is 51.9 Å². The summed E-state index contributed by atoms with van der Waals surface area (Å²) in [6, 6.07) is 11.9. The molecule has 0 spiro atoms. The number of carbonyl (C=O) groups is 3. The van der Waals surface area contributed by atoms with Crippen LogP contribution in [0.2, 0.25) is 20.4 Å². The van der Waals surface area contributed by atoms with E-state index in [9.17, 15) is 19.5 Å². The Morgan fingerprint density at radius 1 is 0.632 bits per heavy atom. The zero-order chi connectivity index (χ0) is 61.8. The Morgan fingerprint density at radius 2 is 1.06 bits per heavy atom. The molecule has 6 N–H and O–H groups in total. The van der Waals surface area contributed by atoms with Gasteiger partial charge in [-0.1, -0.05) is 70.4 Å². The molecule has 464 valence electrons. The summed E-state index contributed by atoms with van der Waals surface area (Å²) in [5.41, 5.74) is 12.3. The molecule has 0 bridgehead atoms. The molecule has 6 aromatic heterocycles. The summed E-state index contributed by atoms with van der Waals surface area (Å²) >= 11 is 24.7. The number of hydrogen-bond donors (Lipinski definition) is 4. The number of carboxylic acids is 1. The molecule has 0 aromatic carbocycles. The van der Waals surface area contributed by atoms with Gasteiger partial charge in [-0.15, -0.1) is 10.2 Å². The molecule has 0 aliphatic carbocycles. The molecule has 4 saturated heterocycles. The monoisotopic (exact) mass is 1270 g/mol. The molecular weight excluding hydrogens is 1200 g/mol. The number of anilines is 6. The van der Waals surface area contributed by atoms with Gasteiger partial charge in [-0.05, 0) is 110 Å². The molecule has 10 heterocycles. The predicted molar refractivity (Wildman–Crippen MR) is 331 cm³/mol. The van der Waals surface area contributed by atoms with E-state index < -0.39 is 11.6 Å². The molecule has 4 aliphatic rings. The van der Waals surface area contributed by atoms with Crippen molar-refractivity contribution in [2.75, 3.05) is 110 Å². The number of nitrogens with two attached hydrogens (primary N) is 2. The molecule has 2 amide bonds. The fraction of sp³-hybridized carbons (Fsp3) is 0.526. The first-order valence-electron chi connectivity index (χ1n) is 29.0. The van der Waals surface area contributed by atoms with Gasteiger partial charge in [-0.2, -0.15) is 0 Å². The van der Waals surface area contributed by atoms with Crippen molar-refractivity contribution in [2.24, 2.45) is 0 Å². The van der Waals surface area contributed by atoms with Crippen molar-refractivity contribution in [3.8, 4) is 22.9 Å². The number of ether oxygens (including phenoxy) is 1. The van der Waals surface area contributed by atoms with Crippen LogP contribution in [0.25, 0.3) is 22.9 Å². The number of carbonyl (C=O) groups excluding carboxylic acids is 3. The van der Waals surface area contributed by atoms with Crippen LogP contribution in [-0.2, 0) is 4.74 Å².